The first-order valence-corrected chi connectivity index (χ1v) is 13.5. The lowest BCUT2D eigenvalue weighted by molar-refractivity contribution is -0.142. The smallest absolute Gasteiger partial charge is 0.417 e. The van der Waals surface area contributed by atoms with Crippen LogP contribution in [0.25, 0.3) is 0 Å². The van der Waals surface area contributed by atoms with E-state index in [4.69, 9.17) is 4.74 Å². The van der Waals surface area contributed by atoms with Gasteiger partial charge in [-0.2, -0.15) is 0 Å². The van der Waals surface area contributed by atoms with Crippen molar-refractivity contribution in [2.24, 2.45) is 0 Å². The van der Waals surface area contributed by atoms with Crippen molar-refractivity contribution in [3.8, 4) is 5.75 Å². The first-order chi connectivity index (χ1) is 20.1. The number of carbonyl (C=O) groups excluding carboxylic acids is 6. The van der Waals surface area contributed by atoms with Crippen molar-refractivity contribution in [3.05, 3.63) is 54.6 Å². The fourth-order valence-corrected chi connectivity index (χ4v) is 4.25. The number of ether oxygens (including phenoxy) is 2. The lowest BCUT2D eigenvalue weighted by atomic mass is 10.1. The predicted molar refractivity (Wildman–Crippen MR) is 152 cm³/mol. The average molecular weight is 582 g/mol. The summed E-state index contributed by atoms with van der Waals surface area (Å²) >= 11 is 0. The number of amides is 5. The first-order valence-electron chi connectivity index (χ1n) is 13.5. The third-order valence-electron chi connectivity index (χ3n) is 6.47. The average Bonchev–Trinajstić information content (AvgIpc) is 3.47. The zero-order chi connectivity index (χ0) is 30.6. The van der Waals surface area contributed by atoms with Gasteiger partial charge in [0, 0.05) is 24.3 Å². The third kappa shape index (κ3) is 9.32. The van der Waals surface area contributed by atoms with Crippen molar-refractivity contribution in [1.82, 2.24) is 15.5 Å². The molecule has 1 saturated heterocycles. The zero-order valence-electron chi connectivity index (χ0n) is 23.7. The van der Waals surface area contributed by atoms with Crippen molar-refractivity contribution in [3.63, 3.8) is 0 Å². The van der Waals surface area contributed by atoms with Crippen LogP contribution in [0.1, 0.15) is 39.5 Å². The lowest BCUT2D eigenvalue weighted by Gasteiger charge is -2.27. The van der Waals surface area contributed by atoms with Gasteiger partial charge < -0.3 is 30.3 Å². The van der Waals surface area contributed by atoms with Crippen LogP contribution in [0.4, 0.5) is 16.2 Å². The summed E-state index contributed by atoms with van der Waals surface area (Å²) in [4.78, 5) is 75.4. The molecular weight excluding hydrogens is 546 g/mol. The predicted octanol–water partition coefficient (Wildman–Crippen LogP) is 2.19. The molecule has 0 spiro atoms. The molecule has 0 aromatic heterocycles. The minimum absolute atomic E-state index is 0.117. The monoisotopic (exact) mass is 581 g/mol. The molecule has 42 heavy (non-hydrogen) atoms. The zero-order valence-corrected chi connectivity index (χ0v) is 23.7. The molecule has 0 aliphatic carbocycles. The second kappa shape index (κ2) is 15.2. The van der Waals surface area contributed by atoms with Gasteiger partial charge in [-0.1, -0.05) is 18.2 Å². The fourth-order valence-electron chi connectivity index (χ4n) is 4.25. The molecule has 4 N–H and O–H groups in total. The molecule has 1 aliphatic rings. The van der Waals surface area contributed by atoms with E-state index in [0.29, 0.717) is 30.8 Å². The minimum Gasteiger partial charge on any atom is -0.469 e. The van der Waals surface area contributed by atoms with E-state index in [1.54, 1.807) is 36.4 Å². The van der Waals surface area contributed by atoms with Crippen molar-refractivity contribution in [2.45, 2.75) is 57.7 Å². The summed E-state index contributed by atoms with van der Waals surface area (Å²) in [6.07, 6.45) is 0.150. The maximum Gasteiger partial charge on any atom is 0.417 e. The van der Waals surface area contributed by atoms with Crippen molar-refractivity contribution >= 4 is 47.1 Å². The summed E-state index contributed by atoms with van der Waals surface area (Å²) < 4.78 is 9.74. The Kier molecular flexibility index (Phi) is 11.4. The molecular formula is C29H35N5O8. The molecule has 3 atom stereocenters. The molecule has 0 bridgehead atoms. The molecule has 13 nitrogen and oxygen atoms in total. The number of methoxy groups -OCH3 is 1. The second-order valence-corrected chi connectivity index (χ2v) is 9.68. The van der Waals surface area contributed by atoms with Crippen LogP contribution in [0.2, 0.25) is 0 Å². The van der Waals surface area contributed by atoms with Crippen LogP contribution >= 0.6 is 0 Å². The maximum absolute atomic E-state index is 13.1. The molecule has 1 aliphatic heterocycles. The number of nitrogens with one attached hydrogen (secondary N) is 4. The van der Waals surface area contributed by atoms with Crippen LogP contribution in [0.3, 0.4) is 0 Å². The molecule has 1 heterocycles. The fraction of sp³-hybridized carbons (Fsp3) is 0.379. The number of nitrogens with zero attached hydrogens (tertiary/aromatic N) is 1. The Labute approximate surface area is 243 Å². The maximum atomic E-state index is 13.1. The summed E-state index contributed by atoms with van der Waals surface area (Å²) in [5, 5.41) is 10.4. The third-order valence-corrected chi connectivity index (χ3v) is 6.47. The number of carbonyl (C=O) groups is 6. The Morgan fingerprint density at radius 1 is 0.857 bits per heavy atom. The summed E-state index contributed by atoms with van der Waals surface area (Å²) in [6.45, 7) is 3.31. The summed E-state index contributed by atoms with van der Waals surface area (Å²) in [7, 11) is 1.22. The standard InChI is InChI=1S/C29H35N5O8/c1-18(30-24(35)15-16-25(36)41-3)26(37)31-19(2)28(39)34-17-7-10-23(34)27(38)32-21-11-13-22(14-12-21)42-29(40)33-20-8-5-4-6-9-20/h4-6,8-9,11-14,18-19,23H,7,10,15-17H2,1-3H3,(H,30,35)(H,31,37)(H,32,38)(H,33,40)/t18-,19-,23-/m0/s1. The minimum atomic E-state index is -0.946. The highest BCUT2D eigenvalue weighted by atomic mass is 16.6. The Morgan fingerprint density at radius 2 is 1.52 bits per heavy atom. The van der Waals surface area contributed by atoms with Crippen LogP contribution in [-0.2, 0) is 28.7 Å². The van der Waals surface area contributed by atoms with Crippen molar-refractivity contribution in [1.29, 1.82) is 0 Å². The van der Waals surface area contributed by atoms with E-state index in [-0.39, 0.29) is 24.5 Å². The van der Waals surface area contributed by atoms with Crippen LogP contribution in [-0.4, -0.2) is 72.4 Å². The Hall–Kier alpha value is -4.94. The molecule has 0 saturated carbocycles. The van der Waals surface area contributed by atoms with Gasteiger partial charge in [-0.25, -0.2) is 4.79 Å². The number of hydrogen-bond acceptors (Lipinski definition) is 8. The molecule has 0 unspecified atom stereocenters. The number of rotatable bonds is 11. The van der Waals surface area contributed by atoms with Gasteiger partial charge in [0.1, 0.15) is 23.9 Å². The summed E-state index contributed by atoms with van der Waals surface area (Å²) in [5.74, 6) is -2.17. The van der Waals surface area contributed by atoms with Crippen molar-refractivity contribution in [2.75, 3.05) is 24.3 Å². The van der Waals surface area contributed by atoms with Crippen molar-refractivity contribution < 1.29 is 38.2 Å². The molecule has 13 heteroatoms. The number of anilines is 2. The van der Waals surface area contributed by atoms with E-state index < -0.39 is 47.9 Å². The van der Waals surface area contributed by atoms with E-state index in [0.717, 1.165) is 0 Å². The Balaban J connectivity index is 1.48. The van der Waals surface area contributed by atoms with Crippen LogP contribution in [0.5, 0.6) is 5.75 Å². The van der Waals surface area contributed by atoms with Gasteiger partial charge in [-0.15, -0.1) is 0 Å². The highest BCUT2D eigenvalue weighted by molar-refractivity contribution is 5.99. The summed E-state index contributed by atoms with van der Waals surface area (Å²) in [6, 6.07) is 12.4. The van der Waals surface area contributed by atoms with Crippen LogP contribution in [0.15, 0.2) is 54.6 Å². The second-order valence-electron chi connectivity index (χ2n) is 9.68. The van der Waals surface area contributed by atoms with Gasteiger partial charge in [0.05, 0.1) is 13.5 Å². The van der Waals surface area contributed by atoms with E-state index in [1.165, 1.54) is 38.0 Å². The quantitative estimate of drug-likeness (QED) is 0.292. The highest BCUT2D eigenvalue weighted by Gasteiger charge is 2.36. The van der Waals surface area contributed by atoms with E-state index in [9.17, 15) is 28.8 Å². The van der Waals surface area contributed by atoms with Gasteiger partial charge in [-0.05, 0) is 63.1 Å². The lowest BCUT2D eigenvalue weighted by Crippen LogP contribution is -2.54. The topological polar surface area (TPSA) is 172 Å². The van der Waals surface area contributed by atoms with E-state index in [1.807, 2.05) is 6.07 Å². The largest absolute Gasteiger partial charge is 0.469 e. The molecule has 224 valence electrons. The van der Waals surface area contributed by atoms with Gasteiger partial charge >= 0.3 is 12.1 Å². The van der Waals surface area contributed by atoms with Gasteiger partial charge in [-0.3, -0.25) is 29.3 Å². The van der Waals surface area contributed by atoms with E-state index >= 15 is 0 Å². The number of likely N-dealkylation sites (tertiary alicyclic amines) is 1. The van der Waals surface area contributed by atoms with Gasteiger partial charge in [0.15, 0.2) is 0 Å². The molecule has 3 rings (SSSR count). The molecule has 2 aromatic rings. The molecule has 1 fully saturated rings. The number of hydrogen-bond donors (Lipinski definition) is 4. The Bertz CT molecular complexity index is 1280. The molecule has 5 amide bonds. The number of benzene rings is 2. The van der Waals surface area contributed by atoms with Gasteiger partial charge in [0.2, 0.25) is 23.6 Å². The molecule has 2 aromatic carbocycles. The normalized spacial score (nSPS) is 15.5. The van der Waals surface area contributed by atoms with E-state index in [2.05, 4.69) is 26.0 Å². The SMILES string of the molecule is COC(=O)CCC(=O)N[C@@H](C)C(=O)N[C@@H](C)C(=O)N1CCC[C@H]1C(=O)Nc1ccc(OC(=O)Nc2ccccc2)cc1. The summed E-state index contributed by atoms with van der Waals surface area (Å²) in [5.41, 5.74) is 1.04. The Morgan fingerprint density at radius 3 is 2.19 bits per heavy atom. The van der Waals surface area contributed by atoms with Crippen LogP contribution < -0.4 is 26.0 Å². The first kappa shape index (κ1) is 31.6. The van der Waals surface area contributed by atoms with Gasteiger partial charge in [0.25, 0.3) is 0 Å². The highest BCUT2D eigenvalue weighted by Crippen LogP contribution is 2.22. The number of esters is 1. The molecule has 0 radical (unpaired) electrons. The number of para-hydroxylation sites is 1. The van der Waals surface area contributed by atoms with Crippen LogP contribution in [0, 0.1) is 0 Å².